The number of sulfonamides is 1. The number of anilines is 1. The van der Waals surface area contributed by atoms with Gasteiger partial charge in [0.05, 0.1) is 9.82 Å². The first-order chi connectivity index (χ1) is 14.1. The average molecular weight is 442 g/mol. The molecule has 0 aliphatic carbocycles. The van der Waals surface area contributed by atoms with E-state index >= 15 is 0 Å². The predicted octanol–water partition coefficient (Wildman–Crippen LogP) is 2.21. The SMILES string of the molecule is CC1CC(C)CN(CCCNc2ccc(S(=O)(=O)NCCN(C)C)cc2[N+](=O)[O-])C1. The van der Waals surface area contributed by atoms with Crippen molar-refractivity contribution in [2.45, 2.75) is 31.6 Å². The maximum atomic E-state index is 12.4. The van der Waals surface area contributed by atoms with Gasteiger partial charge >= 0.3 is 0 Å². The lowest BCUT2D eigenvalue weighted by Gasteiger charge is -2.34. The zero-order valence-corrected chi connectivity index (χ0v) is 19.2. The monoisotopic (exact) mass is 441 g/mol. The number of benzene rings is 1. The van der Waals surface area contributed by atoms with E-state index in [4.69, 9.17) is 0 Å². The third kappa shape index (κ3) is 7.50. The molecule has 2 atom stereocenters. The van der Waals surface area contributed by atoms with Gasteiger partial charge < -0.3 is 15.1 Å². The Morgan fingerprint density at radius 2 is 1.87 bits per heavy atom. The fraction of sp³-hybridized carbons (Fsp3) is 0.700. The molecule has 1 heterocycles. The standard InChI is InChI=1S/C20H35N5O4S/c1-16-12-17(2)15-24(14-16)10-5-8-21-19-7-6-18(13-20(19)25(26)27)30(28,29)22-9-11-23(3)4/h6-7,13,16-17,21-22H,5,8-12,14-15H2,1-4H3. The quantitative estimate of drug-likeness (QED) is 0.308. The molecule has 0 amide bonds. The van der Waals surface area contributed by atoms with Gasteiger partial charge in [0, 0.05) is 38.8 Å². The van der Waals surface area contributed by atoms with Gasteiger partial charge in [-0.05, 0) is 57.5 Å². The summed E-state index contributed by atoms with van der Waals surface area (Å²) in [6.45, 7) is 9.04. The van der Waals surface area contributed by atoms with Gasteiger partial charge in [0.25, 0.3) is 5.69 Å². The van der Waals surface area contributed by atoms with E-state index in [-0.39, 0.29) is 17.1 Å². The lowest BCUT2D eigenvalue weighted by molar-refractivity contribution is -0.384. The van der Waals surface area contributed by atoms with Gasteiger partial charge in [0.15, 0.2) is 0 Å². The van der Waals surface area contributed by atoms with Crippen LogP contribution in [-0.2, 0) is 10.0 Å². The molecule has 0 bridgehead atoms. The number of nitro groups is 1. The van der Waals surface area contributed by atoms with Crippen LogP contribution in [0.5, 0.6) is 0 Å². The summed E-state index contributed by atoms with van der Waals surface area (Å²) in [5.74, 6) is 1.40. The van der Waals surface area contributed by atoms with Gasteiger partial charge in [0.2, 0.25) is 10.0 Å². The minimum atomic E-state index is -3.79. The van der Waals surface area contributed by atoms with Crippen LogP contribution in [0.15, 0.2) is 23.1 Å². The third-order valence-electron chi connectivity index (χ3n) is 5.24. The molecule has 1 fully saturated rings. The summed E-state index contributed by atoms with van der Waals surface area (Å²) in [5, 5.41) is 14.6. The number of likely N-dealkylation sites (tertiary alicyclic amines) is 1. The largest absolute Gasteiger partial charge is 0.379 e. The molecule has 1 aromatic carbocycles. The highest BCUT2D eigenvalue weighted by atomic mass is 32.2. The average Bonchev–Trinajstić information content (AvgIpc) is 2.63. The van der Waals surface area contributed by atoms with E-state index in [1.807, 2.05) is 19.0 Å². The van der Waals surface area contributed by atoms with Crippen LogP contribution in [0.2, 0.25) is 0 Å². The van der Waals surface area contributed by atoms with Crippen molar-refractivity contribution in [1.29, 1.82) is 0 Å². The molecule has 1 aromatic rings. The first-order valence-electron chi connectivity index (χ1n) is 10.5. The topological polar surface area (TPSA) is 108 Å². The van der Waals surface area contributed by atoms with Crippen LogP contribution in [0.4, 0.5) is 11.4 Å². The Labute approximate surface area is 180 Å². The number of hydrogen-bond donors (Lipinski definition) is 2. The van der Waals surface area contributed by atoms with Crippen LogP contribution in [0, 0.1) is 22.0 Å². The summed E-state index contributed by atoms with van der Waals surface area (Å²) >= 11 is 0. The molecular formula is C20H35N5O4S. The number of likely N-dealkylation sites (N-methyl/N-ethyl adjacent to an activating group) is 1. The summed E-state index contributed by atoms with van der Waals surface area (Å²) in [7, 11) is -0.116. The summed E-state index contributed by atoms with van der Waals surface area (Å²) in [5.41, 5.74) is 0.110. The second kappa shape index (κ2) is 11.0. The van der Waals surface area contributed by atoms with Crippen molar-refractivity contribution in [3.8, 4) is 0 Å². The van der Waals surface area contributed by atoms with Gasteiger partial charge in [0.1, 0.15) is 5.69 Å². The van der Waals surface area contributed by atoms with Gasteiger partial charge in [-0.1, -0.05) is 13.8 Å². The molecule has 1 saturated heterocycles. The number of nitro benzene ring substituents is 1. The normalized spacial score (nSPS) is 20.4. The highest BCUT2D eigenvalue weighted by Crippen LogP contribution is 2.27. The van der Waals surface area contributed by atoms with Gasteiger partial charge in [-0.15, -0.1) is 0 Å². The van der Waals surface area contributed by atoms with Crippen molar-refractivity contribution in [1.82, 2.24) is 14.5 Å². The zero-order valence-electron chi connectivity index (χ0n) is 18.4. The van der Waals surface area contributed by atoms with Crippen molar-refractivity contribution < 1.29 is 13.3 Å². The van der Waals surface area contributed by atoms with Crippen LogP contribution in [0.25, 0.3) is 0 Å². The number of piperidine rings is 1. The predicted molar refractivity (Wildman–Crippen MR) is 119 cm³/mol. The Morgan fingerprint density at radius 1 is 1.20 bits per heavy atom. The molecule has 2 unspecified atom stereocenters. The number of rotatable bonds is 11. The van der Waals surface area contributed by atoms with E-state index in [0.29, 0.717) is 30.6 Å². The van der Waals surface area contributed by atoms with E-state index < -0.39 is 14.9 Å². The van der Waals surface area contributed by atoms with E-state index in [2.05, 4.69) is 28.8 Å². The number of hydrogen-bond acceptors (Lipinski definition) is 7. The van der Waals surface area contributed by atoms with E-state index in [1.54, 1.807) is 0 Å². The van der Waals surface area contributed by atoms with E-state index in [1.165, 1.54) is 18.6 Å². The Hall–Kier alpha value is -1.75. The van der Waals surface area contributed by atoms with Gasteiger partial charge in [-0.25, -0.2) is 13.1 Å². The maximum absolute atomic E-state index is 12.4. The summed E-state index contributed by atoms with van der Waals surface area (Å²) in [6.07, 6.45) is 2.13. The molecule has 0 spiro atoms. The van der Waals surface area contributed by atoms with Crippen LogP contribution >= 0.6 is 0 Å². The fourth-order valence-electron chi connectivity index (χ4n) is 3.97. The second-order valence-corrected chi connectivity index (χ2v) is 10.4. The maximum Gasteiger partial charge on any atom is 0.293 e. The van der Waals surface area contributed by atoms with Crippen molar-refractivity contribution in [2.24, 2.45) is 11.8 Å². The van der Waals surface area contributed by atoms with Crippen molar-refractivity contribution in [3.05, 3.63) is 28.3 Å². The highest BCUT2D eigenvalue weighted by molar-refractivity contribution is 7.89. The minimum absolute atomic E-state index is 0.102. The van der Waals surface area contributed by atoms with Crippen LogP contribution in [0.3, 0.4) is 0 Å². The van der Waals surface area contributed by atoms with Gasteiger partial charge in [-0.2, -0.15) is 0 Å². The van der Waals surface area contributed by atoms with Crippen LogP contribution in [0.1, 0.15) is 26.7 Å². The van der Waals surface area contributed by atoms with Crippen molar-refractivity contribution in [3.63, 3.8) is 0 Å². The Balaban J connectivity index is 1.95. The fourth-order valence-corrected chi connectivity index (χ4v) is 5.01. The van der Waals surface area contributed by atoms with Crippen molar-refractivity contribution >= 4 is 21.4 Å². The molecule has 2 rings (SSSR count). The molecule has 9 nitrogen and oxygen atoms in total. The third-order valence-corrected chi connectivity index (χ3v) is 6.70. The summed E-state index contributed by atoms with van der Waals surface area (Å²) in [4.78, 5) is 15.1. The molecule has 0 saturated carbocycles. The van der Waals surface area contributed by atoms with Crippen molar-refractivity contribution in [2.75, 3.05) is 58.7 Å². The molecule has 0 aromatic heterocycles. The highest BCUT2D eigenvalue weighted by Gasteiger charge is 2.22. The number of nitrogens with one attached hydrogen (secondary N) is 2. The van der Waals surface area contributed by atoms with Gasteiger partial charge in [-0.3, -0.25) is 10.1 Å². The lowest BCUT2D eigenvalue weighted by atomic mass is 9.92. The molecule has 1 aliphatic heterocycles. The lowest BCUT2D eigenvalue weighted by Crippen LogP contribution is -2.39. The van der Waals surface area contributed by atoms with E-state index in [0.717, 1.165) is 32.1 Å². The Bertz CT molecular complexity index is 805. The van der Waals surface area contributed by atoms with Crippen LogP contribution < -0.4 is 10.0 Å². The molecule has 170 valence electrons. The Kier molecular flexibility index (Phi) is 9.02. The van der Waals surface area contributed by atoms with Crippen LogP contribution in [-0.4, -0.2) is 76.5 Å². The first-order valence-corrected chi connectivity index (χ1v) is 12.0. The molecule has 10 heteroatoms. The Morgan fingerprint density at radius 3 is 2.47 bits per heavy atom. The molecule has 30 heavy (non-hydrogen) atoms. The number of nitrogens with zero attached hydrogens (tertiary/aromatic N) is 3. The summed E-state index contributed by atoms with van der Waals surface area (Å²) in [6, 6.07) is 4.00. The first kappa shape index (κ1) is 24.5. The van der Waals surface area contributed by atoms with E-state index in [9.17, 15) is 18.5 Å². The second-order valence-electron chi connectivity index (χ2n) is 8.62. The molecule has 0 radical (unpaired) electrons. The zero-order chi connectivity index (χ0) is 22.3. The molecular weight excluding hydrogens is 406 g/mol. The summed E-state index contributed by atoms with van der Waals surface area (Å²) < 4.78 is 27.3. The smallest absolute Gasteiger partial charge is 0.293 e. The minimum Gasteiger partial charge on any atom is -0.379 e. The molecule has 1 aliphatic rings. The molecule has 2 N–H and O–H groups in total.